The monoisotopic (exact) mass is 465 g/mol. The van der Waals surface area contributed by atoms with Crippen molar-refractivity contribution in [3.05, 3.63) is 51.6 Å². The molecule has 1 saturated heterocycles. The average Bonchev–Trinajstić information content (AvgIpc) is 3.20. The molecular weight excluding hydrogens is 443 g/mol. The van der Waals surface area contributed by atoms with Crippen molar-refractivity contribution in [2.24, 2.45) is 0 Å². The predicted octanol–water partition coefficient (Wildman–Crippen LogP) is 3.29. The summed E-state index contributed by atoms with van der Waals surface area (Å²) in [5.41, 5.74) is -1.38. The zero-order chi connectivity index (χ0) is 23.9. The number of hydrogen-bond donors (Lipinski definition) is 1. The van der Waals surface area contributed by atoms with Crippen LogP contribution in [0.3, 0.4) is 0 Å². The molecule has 1 amide bonds. The minimum atomic E-state index is -4.78. The Balaban J connectivity index is 1.86. The molecule has 0 radical (unpaired) electrons. The highest BCUT2D eigenvalue weighted by atomic mass is 19.4. The summed E-state index contributed by atoms with van der Waals surface area (Å²) >= 11 is 0. The summed E-state index contributed by atoms with van der Waals surface area (Å²) in [6, 6.07) is 6.44. The number of benzene rings is 1. The molecule has 1 aliphatic heterocycles. The van der Waals surface area contributed by atoms with Crippen molar-refractivity contribution in [3.8, 4) is 5.75 Å². The van der Waals surface area contributed by atoms with E-state index in [4.69, 9.17) is 9.84 Å². The third-order valence-electron chi connectivity index (χ3n) is 5.84. The molecule has 2 aromatic heterocycles. The van der Waals surface area contributed by atoms with Crippen LogP contribution in [0.2, 0.25) is 0 Å². The first-order valence-corrected chi connectivity index (χ1v) is 10.3. The molecule has 0 aliphatic carbocycles. The number of carboxylic acid groups (broad SMARTS) is 1. The molecule has 9 nitrogen and oxygen atoms in total. The van der Waals surface area contributed by atoms with Gasteiger partial charge in [-0.1, -0.05) is 18.2 Å². The number of hydrogen-bond acceptors (Lipinski definition) is 5. The van der Waals surface area contributed by atoms with Gasteiger partial charge in [0.25, 0.3) is 5.56 Å². The summed E-state index contributed by atoms with van der Waals surface area (Å²) in [6.45, 7) is 1.70. The number of para-hydroxylation sites is 1. The van der Waals surface area contributed by atoms with Gasteiger partial charge in [0.2, 0.25) is 0 Å². The molecule has 0 bridgehead atoms. The Morgan fingerprint density at radius 1 is 1.21 bits per heavy atom. The number of aromatic nitrogens is 4. The van der Waals surface area contributed by atoms with Crippen molar-refractivity contribution in [2.75, 3.05) is 20.2 Å². The van der Waals surface area contributed by atoms with Crippen LogP contribution in [0.15, 0.2) is 29.1 Å². The number of rotatable bonds is 4. The SMILES string of the molecule is COc1ccccc1Cn1nc(C)c2c(C(F)(F)F)nn(C3CCN(C(=O)O)CC3)c2c1=O. The summed E-state index contributed by atoms with van der Waals surface area (Å²) < 4.78 is 49.0. The lowest BCUT2D eigenvalue weighted by Crippen LogP contribution is -2.38. The molecule has 1 fully saturated rings. The molecule has 0 spiro atoms. The van der Waals surface area contributed by atoms with Gasteiger partial charge < -0.3 is 14.7 Å². The smallest absolute Gasteiger partial charge is 0.435 e. The molecule has 0 unspecified atom stereocenters. The van der Waals surface area contributed by atoms with Crippen LogP contribution in [0, 0.1) is 6.92 Å². The van der Waals surface area contributed by atoms with Crippen LogP contribution in [0.1, 0.15) is 35.8 Å². The lowest BCUT2D eigenvalue weighted by Gasteiger charge is -2.30. The molecule has 1 aliphatic rings. The summed E-state index contributed by atoms with van der Waals surface area (Å²) in [5, 5.41) is 16.8. The first kappa shape index (κ1) is 22.6. The fourth-order valence-corrected chi connectivity index (χ4v) is 4.25. The Hall–Kier alpha value is -3.57. The number of likely N-dealkylation sites (tertiary alicyclic amines) is 1. The molecule has 1 N–H and O–H groups in total. The second kappa shape index (κ2) is 8.41. The second-order valence-electron chi connectivity index (χ2n) is 7.88. The lowest BCUT2D eigenvalue weighted by atomic mass is 10.1. The lowest BCUT2D eigenvalue weighted by molar-refractivity contribution is -0.140. The minimum absolute atomic E-state index is 0.00359. The highest BCUT2D eigenvalue weighted by Gasteiger charge is 2.40. The van der Waals surface area contributed by atoms with E-state index < -0.39 is 29.6 Å². The molecule has 1 aromatic carbocycles. The Morgan fingerprint density at radius 2 is 1.88 bits per heavy atom. The largest absolute Gasteiger partial charge is 0.496 e. The summed E-state index contributed by atoms with van der Waals surface area (Å²) in [6.07, 6.45) is -5.38. The van der Waals surface area contributed by atoms with Crippen molar-refractivity contribution >= 4 is 17.0 Å². The normalized spacial score (nSPS) is 15.2. The van der Waals surface area contributed by atoms with E-state index in [1.165, 1.54) is 18.9 Å². The van der Waals surface area contributed by atoms with Crippen LogP contribution in [-0.4, -0.2) is 55.9 Å². The van der Waals surface area contributed by atoms with E-state index in [1.54, 1.807) is 24.3 Å². The summed E-state index contributed by atoms with van der Waals surface area (Å²) in [5.74, 6) is 0.523. The number of amides is 1. The van der Waals surface area contributed by atoms with Crippen molar-refractivity contribution < 1.29 is 27.8 Å². The van der Waals surface area contributed by atoms with Crippen LogP contribution in [0.25, 0.3) is 10.9 Å². The number of carbonyl (C=O) groups is 1. The Kier molecular flexibility index (Phi) is 5.76. The minimum Gasteiger partial charge on any atom is -0.496 e. The van der Waals surface area contributed by atoms with Crippen molar-refractivity contribution in [3.63, 3.8) is 0 Å². The van der Waals surface area contributed by atoms with E-state index >= 15 is 0 Å². The Bertz CT molecular complexity index is 1260. The Labute approximate surface area is 186 Å². The van der Waals surface area contributed by atoms with E-state index in [1.807, 2.05) is 0 Å². The van der Waals surface area contributed by atoms with E-state index in [9.17, 15) is 22.8 Å². The third-order valence-corrected chi connectivity index (χ3v) is 5.84. The van der Waals surface area contributed by atoms with Gasteiger partial charge in [-0.25, -0.2) is 9.48 Å². The molecule has 3 heterocycles. The molecule has 4 rings (SSSR count). The molecule has 0 saturated carbocycles. The number of ether oxygens (including phenoxy) is 1. The quantitative estimate of drug-likeness (QED) is 0.635. The van der Waals surface area contributed by atoms with Gasteiger partial charge in [0.15, 0.2) is 5.69 Å². The maximum absolute atomic E-state index is 13.8. The maximum atomic E-state index is 13.8. The van der Waals surface area contributed by atoms with Gasteiger partial charge in [0, 0.05) is 18.7 Å². The first-order valence-electron chi connectivity index (χ1n) is 10.3. The van der Waals surface area contributed by atoms with Gasteiger partial charge in [0.1, 0.15) is 11.3 Å². The number of methoxy groups -OCH3 is 1. The molecular formula is C21H22F3N5O4. The van der Waals surface area contributed by atoms with Crippen molar-refractivity contribution in [2.45, 2.75) is 38.5 Å². The van der Waals surface area contributed by atoms with Crippen LogP contribution < -0.4 is 10.3 Å². The second-order valence-corrected chi connectivity index (χ2v) is 7.88. The van der Waals surface area contributed by atoms with Gasteiger partial charge in [-0.15, -0.1) is 0 Å². The van der Waals surface area contributed by atoms with Gasteiger partial charge >= 0.3 is 12.3 Å². The van der Waals surface area contributed by atoms with Gasteiger partial charge in [0.05, 0.1) is 30.8 Å². The summed E-state index contributed by atoms with van der Waals surface area (Å²) in [7, 11) is 1.48. The number of nitrogens with zero attached hydrogens (tertiary/aromatic N) is 5. The number of halogens is 3. The third kappa shape index (κ3) is 4.12. The number of aryl methyl sites for hydroxylation is 1. The standard InChI is InChI=1S/C21H22F3N5O4/c1-12-16-17(19(30)28(25-12)11-13-5-3-4-6-15(13)33-2)29(26-18(16)21(22,23)24)14-7-9-27(10-8-14)20(31)32/h3-6,14H,7-11H2,1-2H3,(H,31,32). The van der Waals surface area contributed by atoms with Gasteiger partial charge in [-0.05, 0) is 25.8 Å². The predicted molar refractivity (Wildman–Crippen MR) is 111 cm³/mol. The molecule has 12 heteroatoms. The van der Waals surface area contributed by atoms with Crippen LogP contribution in [0.4, 0.5) is 18.0 Å². The number of piperidine rings is 1. The maximum Gasteiger partial charge on any atom is 0.435 e. The van der Waals surface area contributed by atoms with Gasteiger partial charge in [-0.2, -0.15) is 23.4 Å². The zero-order valence-corrected chi connectivity index (χ0v) is 18.0. The van der Waals surface area contributed by atoms with E-state index in [0.29, 0.717) is 11.3 Å². The zero-order valence-electron chi connectivity index (χ0n) is 18.0. The highest BCUT2D eigenvalue weighted by molar-refractivity contribution is 5.84. The van der Waals surface area contributed by atoms with Gasteiger partial charge in [-0.3, -0.25) is 9.48 Å². The first-order chi connectivity index (χ1) is 15.6. The number of alkyl halides is 3. The topological polar surface area (TPSA) is 102 Å². The van der Waals surface area contributed by atoms with E-state index in [2.05, 4.69) is 10.2 Å². The molecule has 0 atom stereocenters. The van der Waals surface area contributed by atoms with E-state index in [-0.39, 0.29) is 49.1 Å². The Morgan fingerprint density at radius 3 is 2.48 bits per heavy atom. The van der Waals surface area contributed by atoms with E-state index in [0.717, 1.165) is 9.36 Å². The van der Waals surface area contributed by atoms with Crippen molar-refractivity contribution in [1.82, 2.24) is 24.5 Å². The molecule has 33 heavy (non-hydrogen) atoms. The van der Waals surface area contributed by atoms with Crippen LogP contribution in [-0.2, 0) is 12.7 Å². The molecule has 3 aromatic rings. The summed E-state index contributed by atoms with van der Waals surface area (Å²) in [4.78, 5) is 25.8. The van der Waals surface area contributed by atoms with Crippen LogP contribution in [0.5, 0.6) is 5.75 Å². The average molecular weight is 465 g/mol. The fourth-order valence-electron chi connectivity index (χ4n) is 4.25. The van der Waals surface area contributed by atoms with Crippen LogP contribution >= 0.6 is 0 Å². The van der Waals surface area contributed by atoms with Crippen molar-refractivity contribution in [1.29, 1.82) is 0 Å². The fraction of sp³-hybridized carbons (Fsp3) is 0.429. The number of fused-ring (bicyclic) bond motifs is 1. The molecule has 176 valence electrons. The highest BCUT2D eigenvalue weighted by Crippen LogP contribution is 2.36.